The third-order valence-electron chi connectivity index (χ3n) is 3.66. The quantitative estimate of drug-likeness (QED) is 0.793. The van der Waals surface area contributed by atoms with E-state index >= 15 is 0 Å². The van der Waals surface area contributed by atoms with Crippen LogP contribution in [0.15, 0.2) is 42.5 Å². The van der Waals surface area contributed by atoms with Gasteiger partial charge in [0, 0.05) is 17.6 Å². The zero-order chi connectivity index (χ0) is 17.0. The smallest absolute Gasteiger partial charge is 0.130 e. The van der Waals surface area contributed by atoms with Gasteiger partial charge in [-0.1, -0.05) is 18.2 Å². The highest BCUT2D eigenvalue weighted by Crippen LogP contribution is 2.25. The van der Waals surface area contributed by atoms with Gasteiger partial charge >= 0.3 is 0 Å². The molecule has 0 saturated heterocycles. The molecule has 124 valence electrons. The fraction of sp³-hybridized carbons (Fsp3) is 0.368. The van der Waals surface area contributed by atoms with E-state index in [-0.39, 0.29) is 17.7 Å². The number of hydrogen-bond acceptors (Lipinski definition) is 2. The summed E-state index contributed by atoms with van der Waals surface area (Å²) in [4.78, 5) is 0. The monoisotopic (exact) mass is 319 g/mol. The van der Waals surface area contributed by atoms with Crippen LogP contribution in [0.25, 0.3) is 0 Å². The first-order chi connectivity index (χ1) is 10.9. The Morgan fingerprint density at radius 1 is 0.870 bits per heavy atom. The maximum absolute atomic E-state index is 13.9. The minimum absolute atomic E-state index is 0.0638. The summed E-state index contributed by atoms with van der Waals surface area (Å²) in [5.41, 5.74) is 1.07. The molecule has 0 amide bonds. The standard InChI is InChI=1S/C19H23F2NO/c1-12(2)23-16-8-5-7-15(11-16)13(3)22-14(4)19-17(20)9-6-10-18(19)21/h5-14,22H,1-4H3. The predicted octanol–water partition coefficient (Wildman–Crippen LogP) is 5.16. The summed E-state index contributed by atoms with van der Waals surface area (Å²) in [6.07, 6.45) is 0.0972. The molecular formula is C19H23F2NO. The first kappa shape index (κ1) is 17.4. The molecule has 0 heterocycles. The van der Waals surface area contributed by atoms with Crippen molar-refractivity contribution in [1.82, 2.24) is 5.32 Å². The number of halogens is 2. The van der Waals surface area contributed by atoms with E-state index in [9.17, 15) is 8.78 Å². The van der Waals surface area contributed by atoms with Gasteiger partial charge in [0.2, 0.25) is 0 Å². The molecule has 0 bridgehead atoms. The van der Waals surface area contributed by atoms with Crippen LogP contribution in [0.4, 0.5) is 8.78 Å². The van der Waals surface area contributed by atoms with E-state index in [2.05, 4.69) is 5.32 Å². The Morgan fingerprint density at radius 2 is 1.48 bits per heavy atom. The van der Waals surface area contributed by atoms with Crippen molar-refractivity contribution in [1.29, 1.82) is 0 Å². The third kappa shape index (κ3) is 4.52. The SMILES string of the molecule is CC(C)Oc1cccc(C(C)NC(C)c2c(F)cccc2F)c1. The molecule has 2 aromatic rings. The van der Waals surface area contributed by atoms with E-state index in [1.54, 1.807) is 6.92 Å². The van der Waals surface area contributed by atoms with E-state index in [4.69, 9.17) is 4.74 Å². The highest BCUT2D eigenvalue weighted by atomic mass is 19.1. The van der Waals surface area contributed by atoms with Gasteiger partial charge in [-0.15, -0.1) is 0 Å². The van der Waals surface area contributed by atoms with Crippen LogP contribution in [0, 0.1) is 11.6 Å². The van der Waals surface area contributed by atoms with Gasteiger partial charge in [-0.25, -0.2) is 8.78 Å². The predicted molar refractivity (Wildman–Crippen MR) is 88.5 cm³/mol. The first-order valence-corrected chi connectivity index (χ1v) is 7.85. The van der Waals surface area contributed by atoms with Crippen LogP contribution in [-0.4, -0.2) is 6.10 Å². The van der Waals surface area contributed by atoms with Gasteiger partial charge in [0.25, 0.3) is 0 Å². The summed E-state index contributed by atoms with van der Waals surface area (Å²) in [6.45, 7) is 7.66. The van der Waals surface area contributed by atoms with Crippen molar-refractivity contribution < 1.29 is 13.5 Å². The van der Waals surface area contributed by atoms with Crippen molar-refractivity contribution in [3.05, 3.63) is 65.2 Å². The van der Waals surface area contributed by atoms with Gasteiger partial charge in [0.15, 0.2) is 0 Å². The number of nitrogens with one attached hydrogen (secondary N) is 1. The summed E-state index contributed by atoms with van der Waals surface area (Å²) >= 11 is 0. The zero-order valence-electron chi connectivity index (χ0n) is 13.9. The molecule has 0 saturated carbocycles. The van der Waals surface area contributed by atoms with Crippen LogP contribution in [-0.2, 0) is 0 Å². The van der Waals surface area contributed by atoms with Crippen LogP contribution in [0.1, 0.15) is 50.9 Å². The molecule has 23 heavy (non-hydrogen) atoms. The van der Waals surface area contributed by atoms with Crippen molar-refractivity contribution in [3.63, 3.8) is 0 Å². The Labute approximate surface area is 136 Å². The molecule has 0 aliphatic rings. The Balaban J connectivity index is 2.14. The minimum Gasteiger partial charge on any atom is -0.491 e. The van der Waals surface area contributed by atoms with Gasteiger partial charge in [0.1, 0.15) is 17.4 Å². The second-order valence-electron chi connectivity index (χ2n) is 5.98. The average Bonchev–Trinajstić information content (AvgIpc) is 2.46. The fourth-order valence-corrected chi connectivity index (χ4v) is 2.61. The van der Waals surface area contributed by atoms with E-state index in [1.807, 2.05) is 45.0 Å². The Hall–Kier alpha value is -1.94. The molecule has 0 aromatic heterocycles. The number of hydrogen-bond donors (Lipinski definition) is 1. The summed E-state index contributed by atoms with van der Waals surface area (Å²) in [5, 5.41) is 3.24. The molecule has 0 aliphatic carbocycles. The minimum atomic E-state index is -0.533. The van der Waals surface area contributed by atoms with Crippen molar-refractivity contribution in [3.8, 4) is 5.75 Å². The summed E-state index contributed by atoms with van der Waals surface area (Å²) in [6, 6.07) is 11.1. The second-order valence-corrected chi connectivity index (χ2v) is 5.98. The molecule has 2 rings (SSSR count). The van der Waals surface area contributed by atoms with E-state index in [0.29, 0.717) is 0 Å². The largest absolute Gasteiger partial charge is 0.491 e. The van der Waals surface area contributed by atoms with E-state index < -0.39 is 17.7 Å². The topological polar surface area (TPSA) is 21.3 Å². The molecule has 2 unspecified atom stereocenters. The number of ether oxygens (including phenoxy) is 1. The molecule has 0 spiro atoms. The van der Waals surface area contributed by atoms with Crippen molar-refractivity contribution in [2.45, 2.75) is 45.9 Å². The lowest BCUT2D eigenvalue weighted by Crippen LogP contribution is -2.24. The van der Waals surface area contributed by atoms with Gasteiger partial charge in [-0.3, -0.25) is 0 Å². The Morgan fingerprint density at radius 3 is 2.09 bits per heavy atom. The van der Waals surface area contributed by atoms with Gasteiger partial charge < -0.3 is 10.1 Å². The molecule has 0 aliphatic heterocycles. The fourth-order valence-electron chi connectivity index (χ4n) is 2.61. The van der Waals surface area contributed by atoms with Crippen LogP contribution in [0.3, 0.4) is 0 Å². The molecule has 1 N–H and O–H groups in total. The van der Waals surface area contributed by atoms with Gasteiger partial charge in [-0.2, -0.15) is 0 Å². The number of benzene rings is 2. The molecular weight excluding hydrogens is 296 g/mol. The van der Waals surface area contributed by atoms with Crippen LogP contribution in [0.5, 0.6) is 5.75 Å². The normalized spacial score (nSPS) is 13.9. The molecule has 2 atom stereocenters. The summed E-state index contributed by atoms with van der Waals surface area (Å²) in [5.74, 6) is -0.279. The molecule has 2 nitrogen and oxygen atoms in total. The maximum Gasteiger partial charge on any atom is 0.130 e. The highest BCUT2D eigenvalue weighted by molar-refractivity contribution is 5.31. The summed E-state index contributed by atoms with van der Waals surface area (Å²) < 4.78 is 33.4. The number of rotatable bonds is 6. The maximum atomic E-state index is 13.9. The summed E-state index contributed by atoms with van der Waals surface area (Å²) in [7, 11) is 0. The van der Waals surface area contributed by atoms with Crippen molar-refractivity contribution >= 4 is 0 Å². The van der Waals surface area contributed by atoms with E-state index in [0.717, 1.165) is 11.3 Å². The average molecular weight is 319 g/mol. The highest BCUT2D eigenvalue weighted by Gasteiger charge is 2.18. The second kappa shape index (κ2) is 7.55. The first-order valence-electron chi connectivity index (χ1n) is 7.85. The van der Waals surface area contributed by atoms with Crippen LogP contribution in [0.2, 0.25) is 0 Å². The van der Waals surface area contributed by atoms with Crippen molar-refractivity contribution in [2.75, 3.05) is 0 Å². The Bertz CT molecular complexity index is 637. The Kier molecular flexibility index (Phi) is 5.72. The molecule has 0 radical (unpaired) electrons. The molecule has 2 aromatic carbocycles. The lowest BCUT2D eigenvalue weighted by Gasteiger charge is -2.22. The van der Waals surface area contributed by atoms with Crippen LogP contribution >= 0.6 is 0 Å². The third-order valence-corrected chi connectivity index (χ3v) is 3.66. The lowest BCUT2D eigenvalue weighted by molar-refractivity contribution is 0.242. The van der Waals surface area contributed by atoms with Gasteiger partial charge in [-0.05, 0) is 57.5 Å². The van der Waals surface area contributed by atoms with Crippen LogP contribution < -0.4 is 10.1 Å². The van der Waals surface area contributed by atoms with Crippen molar-refractivity contribution in [2.24, 2.45) is 0 Å². The molecule has 0 fully saturated rings. The van der Waals surface area contributed by atoms with E-state index in [1.165, 1.54) is 18.2 Å². The molecule has 4 heteroatoms. The van der Waals surface area contributed by atoms with Gasteiger partial charge in [0.05, 0.1) is 6.10 Å². The zero-order valence-corrected chi connectivity index (χ0v) is 13.9. The lowest BCUT2D eigenvalue weighted by atomic mass is 10.0.